The van der Waals surface area contributed by atoms with Crippen molar-refractivity contribution in [1.82, 2.24) is 9.80 Å². The zero-order valence-corrected chi connectivity index (χ0v) is 13.6. The Labute approximate surface area is 137 Å². The van der Waals surface area contributed by atoms with E-state index in [1.54, 1.807) is 7.11 Å². The molecule has 4 rings (SSSR count). The number of carbonyl (C=O) groups is 1. The molecule has 0 spiro atoms. The third-order valence-electron chi connectivity index (χ3n) is 5.18. The van der Waals surface area contributed by atoms with Crippen molar-refractivity contribution in [2.45, 2.75) is 31.5 Å². The van der Waals surface area contributed by atoms with Crippen LogP contribution in [-0.2, 0) is 16.1 Å². The number of morpholine rings is 1. The van der Waals surface area contributed by atoms with Crippen LogP contribution in [0.5, 0.6) is 5.75 Å². The van der Waals surface area contributed by atoms with Crippen LogP contribution in [0.25, 0.3) is 0 Å². The van der Waals surface area contributed by atoms with Gasteiger partial charge >= 0.3 is 0 Å². The van der Waals surface area contributed by atoms with Gasteiger partial charge in [0.1, 0.15) is 12.4 Å². The Kier molecular flexibility index (Phi) is 3.99. The lowest BCUT2D eigenvalue weighted by Gasteiger charge is -2.36. The number of hydrogen-bond acceptors (Lipinski definition) is 4. The second kappa shape index (κ2) is 6.13. The van der Waals surface area contributed by atoms with Crippen LogP contribution in [0.2, 0.25) is 0 Å². The van der Waals surface area contributed by atoms with E-state index in [0.717, 1.165) is 30.3 Å². The van der Waals surface area contributed by atoms with E-state index in [0.29, 0.717) is 6.54 Å². The molecule has 2 saturated heterocycles. The molecule has 0 aromatic heterocycles. The van der Waals surface area contributed by atoms with Crippen molar-refractivity contribution in [1.29, 1.82) is 0 Å². The molecule has 5 heteroatoms. The first-order valence-corrected chi connectivity index (χ1v) is 8.49. The third kappa shape index (κ3) is 3.21. The first-order chi connectivity index (χ1) is 11.2. The monoisotopic (exact) mass is 316 g/mol. The van der Waals surface area contributed by atoms with Gasteiger partial charge in [-0.3, -0.25) is 9.69 Å². The van der Waals surface area contributed by atoms with E-state index in [1.807, 2.05) is 29.2 Å². The summed E-state index contributed by atoms with van der Waals surface area (Å²) in [4.78, 5) is 16.9. The van der Waals surface area contributed by atoms with E-state index in [-0.39, 0.29) is 24.7 Å². The average Bonchev–Trinajstić information content (AvgIpc) is 3.28. The fraction of sp³-hybridized carbons (Fsp3) is 0.611. The first-order valence-electron chi connectivity index (χ1n) is 8.49. The zero-order valence-electron chi connectivity index (χ0n) is 13.6. The Morgan fingerprint density at radius 2 is 2.00 bits per heavy atom. The number of amides is 1. The van der Waals surface area contributed by atoms with Crippen molar-refractivity contribution in [3.63, 3.8) is 0 Å². The minimum absolute atomic E-state index is 0.107. The topological polar surface area (TPSA) is 42.0 Å². The molecule has 1 aliphatic carbocycles. The van der Waals surface area contributed by atoms with E-state index < -0.39 is 0 Å². The number of rotatable bonds is 5. The van der Waals surface area contributed by atoms with Crippen molar-refractivity contribution in [2.75, 3.05) is 33.4 Å². The molecule has 2 aliphatic heterocycles. The Hall–Kier alpha value is -1.59. The van der Waals surface area contributed by atoms with Gasteiger partial charge in [0.15, 0.2) is 0 Å². The molecule has 0 unspecified atom stereocenters. The minimum atomic E-state index is 0.107. The van der Waals surface area contributed by atoms with E-state index >= 15 is 0 Å². The van der Waals surface area contributed by atoms with Crippen LogP contribution in [0.15, 0.2) is 24.3 Å². The number of ether oxygens (including phenoxy) is 2. The van der Waals surface area contributed by atoms with Crippen LogP contribution in [-0.4, -0.2) is 61.2 Å². The van der Waals surface area contributed by atoms with Gasteiger partial charge in [0.25, 0.3) is 0 Å². The lowest BCUT2D eigenvalue weighted by Crippen LogP contribution is -2.53. The van der Waals surface area contributed by atoms with Gasteiger partial charge in [-0.15, -0.1) is 0 Å². The number of likely N-dealkylation sites (tertiary alicyclic amines) is 1. The summed E-state index contributed by atoms with van der Waals surface area (Å²) in [5.74, 6) is 1.83. The number of benzene rings is 1. The highest BCUT2D eigenvalue weighted by Crippen LogP contribution is 2.33. The molecule has 2 heterocycles. The fourth-order valence-electron chi connectivity index (χ4n) is 3.69. The van der Waals surface area contributed by atoms with Gasteiger partial charge in [-0.1, -0.05) is 12.1 Å². The predicted molar refractivity (Wildman–Crippen MR) is 86.2 cm³/mol. The van der Waals surface area contributed by atoms with E-state index in [1.165, 1.54) is 19.4 Å². The molecule has 1 aromatic rings. The van der Waals surface area contributed by atoms with Crippen molar-refractivity contribution in [3.05, 3.63) is 29.8 Å². The molecule has 0 bridgehead atoms. The summed E-state index contributed by atoms with van der Waals surface area (Å²) in [6.45, 7) is 3.96. The number of fused-ring (bicyclic) bond motifs is 1. The maximum absolute atomic E-state index is 12.4. The summed E-state index contributed by atoms with van der Waals surface area (Å²) >= 11 is 0. The minimum Gasteiger partial charge on any atom is -0.497 e. The predicted octanol–water partition coefficient (Wildman–Crippen LogP) is 1.52. The number of hydrogen-bond donors (Lipinski definition) is 0. The SMILES string of the molecule is COc1ccc(CN2C(=O)CO[C@H]3CN(CC4CC4)C[C@H]32)cc1. The van der Waals surface area contributed by atoms with Crippen LogP contribution in [0.3, 0.4) is 0 Å². The quantitative estimate of drug-likeness (QED) is 0.826. The van der Waals surface area contributed by atoms with Crippen molar-refractivity contribution in [2.24, 2.45) is 5.92 Å². The van der Waals surface area contributed by atoms with Gasteiger partial charge in [0.2, 0.25) is 5.91 Å². The Balaban J connectivity index is 1.45. The van der Waals surface area contributed by atoms with Crippen LogP contribution < -0.4 is 4.74 Å². The Morgan fingerprint density at radius 3 is 2.70 bits per heavy atom. The van der Waals surface area contributed by atoms with Gasteiger partial charge in [0, 0.05) is 26.2 Å². The van der Waals surface area contributed by atoms with Crippen molar-refractivity contribution in [3.8, 4) is 5.75 Å². The molecule has 3 aliphatic rings. The standard InChI is InChI=1S/C18H24N2O3/c1-22-15-6-4-14(5-7-15)9-20-16-10-19(8-13-2-3-13)11-17(16)23-12-18(20)21/h4-7,13,16-17H,2-3,8-12H2,1H3/t16-,17+/m1/s1. The Bertz CT molecular complexity index is 570. The molecule has 2 atom stereocenters. The van der Waals surface area contributed by atoms with Crippen LogP contribution in [0.4, 0.5) is 0 Å². The second-order valence-corrected chi connectivity index (χ2v) is 6.95. The molecule has 1 aromatic carbocycles. The summed E-state index contributed by atoms with van der Waals surface area (Å²) in [6, 6.07) is 8.16. The summed E-state index contributed by atoms with van der Waals surface area (Å²) in [7, 11) is 1.66. The Morgan fingerprint density at radius 1 is 1.22 bits per heavy atom. The molecule has 1 saturated carbocycles. The molecule has 124 valence electrons. The van der Waals surface area contributed by atoms with Gasteiger partial charge in [0.05, 0.1) is 19.3 Å². The number of carbonyl (C=O) groups excluding carboxylic acids is 1. The molecular formula is C18H24N2O3. The molecule has 1 amide bonds. The largest absolute Gasteiger partial charge is 0.497 e. The summed E-state index contributed by atoms with van der Waals surface area (Å²) in [5.41, 5.74) is 1.14. The van der Waals surface area contributed by atoms with E-state index in [2.05, 4.69) is 4.90 Å². The number of methoxy groups -OCH3 is 1. The first kappa shape index (κ1) is 15.0. The molecule has 0 radical (unpaired) electrons. The zero-order chi connectivity index (χ0) is 15.8. The van der Waals surface area contributed by atoms with E-state index in [9.17, 15) is 4.79 Å². The van der Waals surface area contributed by atoms with Gasteiger partial charge in [-0.05, 0) is 36.5 Å². The molecule has 23 heavy (non-hydrogen) atoms. The lowest BCUT2D eigenvalue weighted by atomic mass is 10.1. The highest BCUT2D eigenvalue weighted by atomic mass is 16.5. The van der Waals surface area contributed by atoms with Crippen molar-refractivity contribution < 1.29 is 14.3 Å². The highest BCUT2D eigenvalue weighted by molar-refractivity contribution is 5.78. The summed E-state index contributed by atoms with van der Waals surface area (Å²) in [5, 5.41) is 0. The number of nitrogens with zero attached hydrogens (tertiary/aromatic N) is 2. The molecule has 0 N–H and O–H groups in total. The molecule has 3 fully saturated rings. The summed E-state index contributed by atoms with van der Waals surface area (Å²) < 4.78 is 11.0. The summed E-state index contributed by atoms with van der Waals surface area (Å²) in [6.07, 6.45) is 2.90. The molecule has 5 nitrogen and oxygen atoms in total. The fourth-order valence-corrected chi connectivity index (χ4v) is 3.69. The van der Waals surface area contributed by atoms with Gasteiger partial charge < -0.3 is 14.4 Å². The maximum atomic E-state index is 12.4. The van der Waals surface area contributed by atoms with Crippen LogP contribution in [0, 0.1) is 5.92 Å². The highest BCUT2D eigenvalue weighted by Gasteiger charge is 2.43. The van der Waals surface area contributed by atoms with Crippen LogP contribution >= 0.6 is 0 Å². The van der Waals surface area contributed by atoms with E-state index in [4.69, 9.17) is 9.47 Å². The molecular weight excluding hydrogens is 292 g/mol. The van der Waals surface area contributed by atoms with Crippen LogP contribution in [0.1, 0.15) is 18.4 Å². The smallest absolute Gasteiger partial charge is 0.249 e. The van der Waals surface area contributed by atoms with Crippen molar-refractivity contribution >= 4 is 5.91 Å². The normalized spacial score (nSPS) is 28.0. The average molecular weight is 316 g/mol. The van der Waals surface area contributed by atoms with Gasteiger partial charge in [-0.25, -0.2) is 0 Å². The third-order valence-corrected chi connectivity index (χ3v) is 5.18. The maximum Gasteiger partial charge on any atom is 0.249 e. The van der Waals surface area contributed by atoms with Gasteiger partial charge in [-0.2, -0.15) is 0 Å². The second-order valence-electron chi connectivity index (χ2n) is 6.95. The lowest BCUT2D eigenvalue weighted by molar-refractivity contribution is -0.153.